The Balaban J connectivity index is 2.26. The van der Waals surface area contributed by atoms with Crippen LogP contribution in [0.5, 0.6) is 0 Å². The average Bonchev–Trinajstić information content (AvgIpc) is 2.34. The van der Waals surface area contributed by atoms with Gasteiger partial charge in [0, 0.05) is 0 Å². The van der Waals surface area contributed by atoms with Crippen molar-refractivity contribution in [3.05, 3.63) is 6.54 Å². The Bertz CT molecular complexity index is 149. The van der Waals surface area contributed by atoms with Gasteiger partial charge in [0.1, 0.15) is 12.7 Å². The van der Waals surface area contributed by atoms with Gasteiger partial charge in [-0.2, -0.15) is 0 Å². The molecule has 0 aromatic rings. The van der Waals surface area contributed by atoms with Crippen LogP contribution < -0.4 is 0 Å². The van der Waals surface area contributed by atoms with Gasteiger partial charge in [0.2, 0.25) is 0 Å². The molecule has 1 heterocycles. The molecule has 0 saturated heterocycles. The molecular formula is C6H7F3N2. The van der Waals surface area contributed by atoms with Crippen LogP contribution in [-0.4, -0.2) is 36.9 Å². The van der Waals surface area contributed by atoms with E-state index in [0.29, 0.717) is 0 Å². The lowest BCUT2D eigenvalue weighted by Gasteiger charge is -2.11. The average molecular weight is 164 g/mol. The van der Waals surface area contributed by atoms with Gasteiger partial charge in [0.05, 0.1) is 13.1 Å². The second kappa shape index (κ2) is 3.59. The lowest BCUT2D eigenvalue weighted by Crippen LogP contribution is -2.24. The van der Waals surface area contributed by atoms with Crippen molar-refractivity contribution in [2.75, 3.05) is 13.2 Å². The van der Waals surface area contributed by atoms with Gasteiger partial charge in [-0.05, 0) is 0 Å². The SMILES string of the molecule is FCC1[CH]N(CC(F)F)[C]=N1. The van der Waals surface area contributed by atoms with Crippen LogP contribution in [0.2, 0.25) is 0 Å². The highest BCUT2D eigenvalue weighted by Gasteiger charge is 2.20. The van der Waals surface area contributed by atoms with E-state index in [0.717, 1.165) is 4.90 Å². The standard InChI is InChI=1S/C6H7F3N2/c7-1-5-2-11(4-10-5)3-6(8)9/h2,5-6H,1,3H2. The highest BCUT2D eigenvalue weighted by atomic mass is 19.3. The summed E-state index contributed by atoms with van der Waals surface area (Å²) in [6, 6.07) is -0.617. The van der Waals surface area contributed by atoms with Gasteiger partial charge in [-0.15, -0.1) is 0 Å². The molecule has 62 valence electrons. The minimum absolute atomic E-state index is 0.458. The number of alkyl halides is 3. The molecule has 0 aromatic heterocycles. The van der Waals surface area contributed by atoms with Gasteiger partial charge in [-0.25, -0.2) is 13.2 Å². The van der Waals surface area contributed by atoms with E-state index in [2.05, 4.69) is 11.3 Å². The molecule has 0 bridgehead atoms. The third-order valence-electron chi connectivity index (χ3n) is 1.20. The molecule has 1 atom stereocenters. The van der Waals surface area contributed by atoms with Crippen molar-refractivity contribution in [3.8, 4) is 0 Å². The van der Waals surface area contributed by atoms with Crippen molar-refractivity contribution in [1.82, 2.24) is 4.90 Å². The first kappa shape index (κ1) is 8.36. The van der Waals surface area contributed by atoms with Gasteiger partial charge in [-0.1, -0.05) is 0 Å². The van der Waals surface area contributed by atoms with E-state index in [1.807, 2.05) is 0 Å². The highest BCUT2D eigenvalue weighted by Crippen LogP contribution is 2.10. The van der Waals surface area contributed by atoms with E-state index in [9.17, 15) is 13.2 Å². The highest BCUT2D eigenvalue weighted by molar-refractivity contribution is 5.59. The molecule has 2 radical (unpaired) electrons. The number of hydrogen-bond donors (Lipinski definition) is 0. The third-order valence-corrected chi connectivity index (χ3v) is 1.20. The Morgan fingerprint density at radius 3 is 2.82 bits per heavy atom. The molecule has 0 aromatic carbocycles. The van der Waals surface area contributed by atoms with E-state index < -0.39 is 25.7 Å². The number of hydrogen-bond acceptors (Lipinski definition) is 2. The summed E-state index contributed by atoms with van der Waals surface area (Å²) in [6.45, 7) is 0.179. The fourth-order valence-corrected chi connectivity index (χ4v) is 0.747. The van der Waals surface area contributed by atoms with Gasteiger partial charge in [0.25, 0.3) is 6.43 Å². The van der Waals surface area contributed by atoms with E-state index in [-0.39, 0.29) is 0 Å². The lowest BCUT2D eigenvalue weighted by atomic mass is 10.3. The van der Waals surface area contributed by atoms with Crippen LogP contribution >= 0.6 is 0 Å². The predicted molar refractivity (Wildman–Crippen MR) is 34.2 cm³/mol. The van der Waals surface area contributed by atoms with Crippen LogP contribution in [0, 0.1) is 6.54 Å². The van der Waals surface area contributed by atoms with Crippen LogP contribution in [0.15, 0.2) is 4.99 Å². The summed E-state index contributed by atoms with van der Waals surface area (Å²) in [5.74, 6) is 0. The van der Waals surface area contributed by atoms with E-state index in [1.54, 1.807) is 0 Å². The van der Waals surface area contributed by atoms with Crippen molar-refractivity contribution in [1.29, 1.82) is 0 Å². The number of aliphatic imine (C=N–C) groups is 1. The molecule has 5 heteroatoms. The van der Waals surface area contributed by atoms with Crippen LogP contribution in [0.4, 0.5) is 13.2 Å². The molecule has 1 rings (SSSR count). The summed E-state index contributed by atoms with van der Waals surface area (Å²) >= 11 is 0. The van der Waals surface area contributed by atoms with Crippen LogP contribution in [0.1, 0.15) is 0 Å². The van der Waals surface area contributed by atoms with Gasteiger partial charge < -0.3 is 4.90 Å². The van der Waals surface area contributed by atoms with Crippen LogP contribution in [0.25, 0.3) is 0 Å². The summed E-state index contributed by atoms with van der Waals surface area (Å²) in [4.78, 5) is 4.58. The predicted octanol–water partition coefficient (Wildman–Crippen LogP) is 0.972. The molecule has 1 aliphatic heterocycles. The molecule has 0 fully saturated rings. The summed E-state index contributed by atoms with van der Waals surface area (Å²) in [5, 5.41) is 0. The second-order valence-corrected chi connectivity index (χ2v) is 2.14. The Morgan fingerprint density at radius 1 is 1.64 bits per heavy atom. The zero-order valence-corrected chi connectivity index (χ0v) is 5.67. The number of halogens is 3. The van der Waals surface area contributed by atoms with E-state index >= 15 is 0 Å². The first-order valence-corrected chi connectivity index (χ1v) is 3.13. The zero-order valence-electron chi connectivity index (χ0n) is 5.67. The molecule has 0 amide bonds. The molecule has 2 nitrogen and oxygen atoms in total. The van der Waals surface area contributed by atoms with Crippen molar-refractivity contribution in [3.63, 3.8) is 0 Å². The smallest absolute Gasteiger partial charge is 0.255 e. The third kappa shape index (κ3) is 2.40. The summed E-state index contributed by atoms with van der Waals surface area (Å²) in [5.41, 5.74) is 0. The molecule has 0 aliphatic carbocycles. The Morgan fingerprint density at radius 2 is 2.36 bits per heavy atom. The maximum absolute atomic E-state index is 11.8. The Kier molecular flexibility index (Phi) is 2.73. The molecule has 0 N–H and O–H groups in total. The number of rotatable bonds is 3. The summed E-state index contributed by atoms with van der Waals surface area (Å²) < 4.78 is 35.2. The first-order valence-electron chi connectivity index (χ1n) is 3.13. The van der Waals surface area contributed by atoms with Gasteiger partial charge in [0.15, 0.2) is 6.34 Å². The molecule has 11 heavy (non-hydrogen) atoms. The quantitative estimate of drug-likeness (QED) is 0.606. The zero-order chi connectivity index (χ0) is 8.27. The lowest BCUT2D eigenvalue weighted by molar-refractivity contribution is 0.125. The van der Waals surface area contributed by atoms with Crippen molar-refractivity contribution in [2.45, 2.75) is 12.5 Å². The minimum Gasteiger partial charge on any atom is -0.341 e. The van der Waals surface area contributed by atoms with Crippen molar-refractivity contribution >= 4 is 6.34 Å². The van der Waals surface area contributed by atoms with Gasteiger partial charge >= 0.3 is 0 Å². The maximum atomic E-state index is 11.8. The van der Waals surface area contributed by atoms with Crippen molar-refractivity contribution in [2.24, 2.45) is 4.99 Å². The van der Waals surface area contributed by atoms with E-state index in [4.69, 9.17) is 0 Å². The summed E-state index contributed by atoms with van der Waals surface area (Å²) in [6.07, 6.45) is -0.166. The number of nitrogens with zero attached hydrogens (tertiary/aromatic N) is 2. The fourth-order valence-electron chi connectivity index (χ4n) is 0.747. The van der Waals surface area contributed by atoms with E-state index in [1.165, 1.54) is 6.54 Å². The normalized spacial score (nSPS) is 23.6. The Labute approximate surface area is 62.7 Å². The molecule has 0 saturated carbocycles. The molecule has 1 aliphatic rings. The van der Waals surface area contributed by atoms with Crippen LogP contribution in [-0.2, 0) is 0 Å². The van der Waals surface area contributed by atoms with Crippen LogP contribution in [0.3, 0.4) is 0 Å². The summed E-state index contributed by atoms with van der Waals surface area (Å²) in [7, 11) is 0. The monoisotopic (exact) mass is 164 g/mol. The maximum Gasteiger partial charge on any atom is 0.255 e. The van der Waals surface area contributed by atoms with Gasteiger partial charge in [-0.3, -0.25) is 4.99 Å². The fraction of sp³-hybridized carbons (Fsp3) is 0.667. The Hall–Kier alpha value is -0.740. The molecule has 1 unspecified atom stereocenters. The topological polar surface area (TPSA) is 15.6 Å². The van der Waals surface area contributed by atoms with Crippen molar-refractivity contribution < 1.29 is 13.2 Å². The minimum atomic E-state index is -2.44. The molecular weight excluding hydrogens is 157 g/mol. The first-order chi connectivity index (χ1) is 5.22. The second-order valence-electron chi connectivity index (χ2n) is 2.14. The molecule has 0 spiro atoms. The largest absolute Gasteiger partial charge is 0.341 e.